The molecule has 1 saturated carbocycles. The van der Waals surface area contributed by atoms with Gasteiger partial charge in [-0.25, -0.2) is 13.1 Å². The zero-order valence-corrected chi connectivity index (χ0v) is 10.4. The average Bonchev–Trinajstić information content (AvgIpc) is 2.18. The second-order valence-corrected chi connectivity index (χ2v) is 6.87. The molecular formula is C10H22N2O2S. The van der Waals surface area contributed by atoms with Gasteiger partial charge in [-0.05, 0) is 39.2 Å². The molecule has 4 nitrogen and oxygen atoms in total. The van der Waals surface area contributed by atoms with Crippen LogP contribution in [0.4, 0.5) is 0 Å². The van der Waals surface area contributed by atoms with Crippen LogP contribution in [0.1, 0.15) is 39.5 Å². The minimum Gasteiger partial charge on any atom is -0.330 e. The number of nitrogens with one attached hydrogen (secondary N) is 1. The molecule has 5 heteroatoms. The van der Waals surface area contributed by atoms with E-state index in [9.17, 15) is 8.42 Å². The summed E-state index contributed by atoms with van der Waals surface area (Å²) in [6.45, 7) is 3.97. The molecule has 0 saturated heterocycles. The van der Waals surface area contributed by atoms with Crippen LogP contribution in [0.15, 0.2) is 0 Å². The van der Waals surface area contributed by atoms with E-state index in [1.807, 2.05) is 0 Å². The fourth-order valence-corrected chi connectivity index (χ4v) is 3.00. The van der Waals surface area contributed by atoms with Gasteiger partial charge in [0.05, 0.1) is 5.25 Å². The first-order valence-electron chi connectivity index (χ1n) is 5.68. The maximum Gasteiger partial charge on any atom is 0.214 e. The van der Waals surface area contributed by atoms with E-state index < -0.39 is 10.0 Å². The highest BCUT2D eigenvalue weighted by atomic mass is 32.2. The van der Waals surface area contributed by atoms with Gasteiger partial charge in [0.1, 0.15) is 0 Å². The fraction of sp³-hybridized carbons (Fsp3) is 1.00. The van der Waals surface area contributed by atoms with E-state index in [1.165, 1.54) is 6.42 Å². The van der Waals surface area contributed by atoms with Gasteiger partial charge in [0.15, 0.2) is 0 Å². The maximum atomic E-state index is 11.7. The highest BCUT2D eigenvalue weighted by molar-refractivity contribution is 7.90. The van der Waals surface area contributed by atoms with Gasteiger partial charge in [-0.3, -0.25) is 0 Å². The molecule has 0 aliphatic heterocycles. The first-order valence-corrected chi connectivity index (χ1v) is 7.23. The predicted molar refractivity (Wildman–Crippen MR) is 62.0 cm³/mol. The van der Waals surface area contributed by atoms with Crippen molar-refractivity contribution in [3.05, 3.63) is 0 Å². The lowest BCUT2D eigenvalue weighted by molar-refractivity contribution is 0.295. The van der Waals surface area contributed by atoms with Crippen molar-refractivity contribution in [2.24, 2.45) is 11.7 Å². The summed E-state index contributed by atoms with van der Waals surface area (Å²) in [4.78, 5) is 0. The summed E-state index contributed by atoms with van der Waals surface area (Å²) in [6, 6.07) is 0.0520. The summed E-state index contributed by atoms with van der Waals surface area (Å²) in [6.07, 6.45) is 4.24. The number of hydrogen-bond acceptors (Lipinski definition) is 3. The van der Waals surface area contributed by atoms with Gasteiger partial charge >= 0.3 is 0 Å². The molecule has 0 heterocycles. The van der Waals surface area contributed by atoms with Crippen molar-refractivity contribution in [1.82, 2.24) is 4.72 Å². The predicted octanol–water partition coefficient (Wildman–Crippen LogP) is 0.832. The SMILES string of the molecule is CC(C)S(=O)(=O)NC1CCCCC1CN. The van der Waals surface area contributed by atoms with E-state index in [-0.39, 0.29) is 11.3 Å². The van der Waals surface area contributed by atoms with Crippen molar-refractivity contribution in [3.8, 4) is 0 Å². The molecule has 0 bridgehead atoms. The van der Waals surface area contributed by atoms with Crippen molar-refractivity contribution in [2.75, 3.05) is 6.54 Å². The lowest BCUT2D eigenvalue weighted by Gasteiger charge is -2.31. The summed E-state index contributed by atoms with van der Waals surface area (Å²) in [5, 5.41) is -0.363. The lowest BCUT2D eigenvalue weighted by Crippen LogP contribution is -2.46. The second-order valence-electron chi connectivity index (χ2n) is 4.60. The molecule has 3 N–H and O–H groups in total. The number of sulfonamides is 1. The Labute approximate surface area is 92.7 Å². The standard InChI is InChI=1S/C10H22N2O2S/c1-8(2)15(13,14)12-10-6-4-3-5-9(10)7-11/h8-10,12H,3-7,11H2,1-2H3. The molecule has 2 atom stereocenters. The van der Waals surface area contributed by atoms with E-state index >= 15 is 0 Å². The molecule has 0 aromatic carbocycles. The van der Waals surface area contributed by atoms with E-state index in [0.717, 1.165) is 19.3 Å². The average molecular weight is 234 g/mol. The third-order valence-electron chi connectivity index (χ3n) is 3.15. The van der Waals surface area contributed by atoms with Crippen molar-refractivity contribution in [3.63, 3.8) is 0 Å². The summed E-state index contributed by atoms with van der Waals surface area (Å²) in [5.74, 6) is 0.312. The Balaban J connectivity index is 2.63. The number of nitrogens with two attached hydrogens (primary N) is 1. The molecule has 0 amide bonds. The largest absolute Gasteiger partial charge is 0.330 e. The second kappa shape index (κ2) is 5.27. The Bertz CT molecular complexity index is 288. The molecular weight excluding hydrogens is 212 g/mol. The van der Waals surface area contributed by atoms with Crippen LogP contribution in [0.25, 0.3) is 0 Å². The van der Waals surface area contributed by atoms with Crippen LogP contribution in [-0.2, 0) is 10.0 Å². The van der Waals surface area contributed by atoms with Crippen LogP contribution < -0.4 is 10.5 Å². The van der Waals surface area contributed by atoms with Crippen LogP contribution >= 0.6 is 0 Å². The molecule has 2 unspecified atom stereocenters. The summed E-state index contributed by atoms with van der Waals surface area (Å²) in [5.41, 5.74) is 5.65. The first-order chi connectivity index (χ1) is 6.97. The molecule has 1 aliphatic rings. The smallest absolute Gasteiger partial charge is 0.214 e. The zero-order valence-electron chi connectivity index (χ0n) is 9.57. The molecule has 90 valence electrons. The van der Waals surface area contributed by atoms with Crippen LogP contribution in [-0.4, -0.2) is 26.3 Å². The summed E-state index contributed by atoms with van der Waals surface area (Å²) < 4.78 is 26.2. The topological polar surface area (TPSA) is 72.2 Å². The molecule has 1 rings (SSSR count). The quantitative estimate of drug-likeness (QED) is 0.757. The molecule has 0 radical (unpaired) electrons. The Hall–Kier alpha value is -0.130. The monoisotopic (exact) mass is 234 g/mol. The van der Waals surface area contributed by atoms with Gasteiger partial charge in [-0.15, -0.1) is 0 Å². The minimum atomic E-state index is -3.15. The molecule has 1 aliphatic carbocycles. The zero-order chi connectivity index (χ0) is 11.5. The van der Waals surface area contributed by atoms with Crippen LogP contribution in [0.3, 0.4) is 0 Å². The van der Waals surface area contributed by atoms with Gasteiger partial charge in [0.2, 0.25) is 10.0 Å². The van der Waals surface area contributed by atoms with Gasteiger partial charge in [0, 0.05) is 6.04 Å². The third kappa shape index (κ3) is 3.43. The molecule has 1 fully saturated rings. The van der Waals surface area contributed by atoms with Crippen LogP contribution in [0.2, 0.25) is 0 Å². The van der Waals surface area contributed by atoms with Crippen molar-refractivity contribution < 1.29 is 8.42 Å². The van der Waals surface area contributed by atoms with E-state index in [0.29, 0.717) is 12.5 Å². The maximum absolute atomic E-state index is 11.7. The highest BCUT2D eigenvalue weighted by Gasteiger charge is 2.28. The Morgan fingerprint density at radius 2 is 1.93 bits per heavy atom. The molecule has 15 heavy (non-hydrogen) atoms. The first kappa shape index (κ1) is 12.9. The summed E-state index contributed by atoms with van der Waals surface area (Å²) >= 11 is 0. The number of rotatable bonds is 4. The third-order valence-corrected chi connectivity index (χ3v) is 5.02. The van der Waals surface area contributed by atoms with Crippen molar-refractivity contribution >= 4 is 10.0 Å². The van der Waals surface area contributed by atoms with Crippen LogP contribution in [0, 0.1) is 5.92 Å². The van der Waals surface area contributed by atoms with E-state index in [2.05, 4.69) is 4.72 Å². The molecule has 0 spiro atoms. The minimum absolute atomic E-state index is 0.0520. The van der Waals surface area contributed by atoms with Gasteiger partial charge in [-0.1, -0.05) is 12.8 Å². The highest BCUT2D eigenvalue weighted by Crippen LogP contribution is 2.24. The lowest BCUT2D eigenvalue weighted by atomic mass is 9.85. The Morgan fingerprint density at radius 3 is 2.47 bits per heavy atom. The summed E-state index contributed by atoms with van der Waals surface area (Å²) in [7, 11) is -3.15. The fourth-order valence-electron chi connectivity index (χ4n) is 1.99. The van der Waals surface area contributed by atoms with Gasteiger partial charge < -0.3 is 5.73 Å². The van der Waals surface area contributed by atoms with Crippen LogP contribution in [0.5, 0.6) is 0 Å². The van der Waals surface area contributed by atoms with E-state index in [1.54, 1.807) is 13.8 Å². The normalized spacial score (nSPS) is 28.3. The Morgan fingerprint density at radius 1 is 1.33 bits per heavy atom. The molecule has 0 aromatic rings. The molecule has 0 aromatic heterocycles. The van der Waals surface area contributed by atoms with Gasteiger partial charge in [0.25, 0.3) is 0 Å². The van der Waals surface area contributed by atoms with Crippen molar-refractivity contribution in [1.29, 1.82) is 0 Å². The Kier molecular flexibility index (Phi) is 4.55. The van der Waals surface area contributed by atoms with Crippen molar-refractivity contribution in [2.45, 2.75) is 50.8 Å². The van der Waals surface area contributed by atoms with E-state index in [4.69, 9.17) is 5.73 Å². The van der Waals surface area contributed by atoms with Gasteiger partial charge in [-0.2, -0.15) is 0 Å². The number of hydrogen-bond donors (Lipinski definition) is 2.